The molecule has 1 unspecified atom stereocenters. The standard InChI is InChI=1S/C22H27ClN2O4S/c1-16(18-9-5-6-10-20(18)29-2)24-22(26)17-11-12-19(23)21(15-17)30(27,28)25-13-7-3-4-8-14-25/h5-6,9-12,15-16H,3-4,7-8,13-14H2,1-2H3,(H,24,26). The average Bonchev–Trinajstić information content (AvgIpc) is 3.04. The number of hydrogen-bond acceptors (Lipinski definition) is 4. The van der Waals surface area contributed by atoms with Gasteiger partial charge in [0.2, 0.25) is 10.0 Å². The largest absolute Gasteiger partial charge is 0.496 e. The number of sulfonamides is 1. The maximum atomic E-state index is 13.2. The Morgan fingerprint density at radius 3 is 2.43 bits per heavy atom. The van der Waals surface area contributed by atoms with Gasteiger partial charge >= 0.3 is 0 Å². The lowest BCUT2D eigenvalue weighted by molar-refractivity contribution is 0.0939. The van der Waals surface area contributed by atoms with Crippen LogP contribution in [0.4, 0.5) is 0 Å². The number of hydrogen-bond donors (Lipinski definition) is 1. The molecular weight excluding hydrogens is 424 g/mol. The smallest absolute Gasteiger partial charge is 0.251 e. The maximum Gasteiger partial charge on any atom is 0.251 e. The van der Waals surface area contributed by atoms with Gasteiger partial charge in [-0.1, -0.05) is 42.6 Å². The lowest BCUT2D eigenvalue weighted by Gasteiger charge is -2.21. The zero-order chi connectivity index (χ0) is 21.7. The summed E-state index contributed by atoms with van der Waals surface area (Å²) in [5.41, 5.74) is 1.08. The van der Waals surface area contributed by atoms with E-state index in [1.165, 1.54) is 22.5 Å². The maximum absolute atomic E-state index is 13.2. The zero-order valence-corrected chi connectivity index (χ0v) is 18.8. The van der Waals surface area contributed by atoms with Crippen LogP contribution in [-0.2, 0) is 10.0 Å². The van der Waals surface area contributed by atoms with Gasteiger partial charge in [0, 0.05) is 24.2 Å². The molecule has 1 N–H and O–H groups in total. The molecule has 1 atom stereocenters. The third-order valence-electron chi connectivity index (χ3n) is 5.33. The first-order valence-electron chi connectivity index (χ1n) is 10.1. The minimum atomic E-state index is -3.76. The van der Waals surface area contributed by atoms with Crippen molar-refractivity contribution in [1.29, 1.82) is 0 Å². The van der Waals surface area contributed by atoms with Gasteiger partial charge in [-0.2, -0.15) is 4.31 Å². The summed E-state index contributed by atoms with van der Waals surface area (Å²) in [6.07, 6.45) is 3.69. The van der Waals surface area contributed by atoms with E-state index in [-0.39, 0.29) is 27.4 Å². The summed E-state index contributed by atoms with van der Waals surface area (Å²) in [5.74, 6) is 0.295. The Morgan fingerprint density at radius 1 is 1.10 bits per heavy atom. The molecule has 2 aromatic carbocycles. The summed E-state index contributed by atoms with van der Waals surface area (Å²) in [5, 5.41) is 3.02. The fourth-order valence-corrected chi connectivity index (χ4v) is 5.66. The number of carbonyl (C=O) groups is 1. The second-order valence-electron chi connectivity index (χ2n) is 7.40. The van der Waals surface area contributed by atoms with Crippen molar-refractivity contribution in [1.82, 2.24) is 9.62 Å². The molecular formula is C22H27ClN2O4S. The predicted molar refractivity (Wildman–Crippen MR) is 118 cm³/mol. The van der Waals surface area contributed by atoms with Gasteiger partial charge in [-0.3, -0.25) is 4.79 Å². The summed E-state index contributed by atoms with van der Waals surface area (Å²) in [4.78, 5) is 12.8. The number of halogens is 1. The van der Waals surface area contributed by atoms with Gasteiger partial charge in [-0.25, -0.2) is 8.42 Å². The number of amides is 1. The molecule has 0 bridgehead atoms. The van der Waals surface area contributed by atoms with Crippen molar-refractivity contribution in [3.63, 3.8) is 0 Å². The fraction of sp³-hybridized carbons (Fsp3) is 0.409. The Hall–Kier alpha value is -2.09. The van der Waals surface area contributed by atoms with E-state index in [1.54, 1.807) is 7.11 Å². The van der Waals surface area contributed by atoms with Gasteiger partial charge in [0.05, 0.1) is 18.2 Å². The molecule has 1 amide bonds. The lowest BCUT2D eigenvalue weighted by Crippen LogP contribution is -2.32. The third-order valence-corrected chi connectivity index (χ3v) is 7.71. The number of benzene rings is 2. The van der Waals surface area contributed by atoms with Crippen LogP contribution in [0.3, 0.4) is 0 Å². The molecule has 0 aliphatic carbocycles. The number of nitrogens with one attached hydrogen (secondary N) is 1. The van der Waals surface area contributed by atoms with Crippen LogP contribution in [0.25, 0.3) is 0 Å². The van der Waals surface area contributed by atoms with Gasteiger partial charge in [0.1, 0.15) is 10.6 Å². The number of nitrogens with zero attached hydrogens (tertiary/aromatic N) is 1. The highest BCUT2D eigenvalue weighted by atomic mass is 35.5. The second kappa shape index (κ2) is 9.81. The quantitative estimate of drug-likeness (QED) is 0.707. The van der Waals surface area contributed by atoms with Crippen LogP contribution in [0.1, 0.15) is 54.6 Å². The molecule has 0 radical (unpaired) electrons. The van der Waals surface area contributed by atoms with Crippen molar-refractivity contribution in [2.45, 2.75) is 43.5 Å². The normalized spacial score (nSPS) is 16.5. The Balaban J connectivity index is 1.84. The molecule has 1 fully saturated rings. The molecule has 6 nitrogen and oxygen atoms in total. The minimum absolute atomic E-state index is 0.0244. The van der Waals surface area contributed by atoms with Crippen molar-refractivity contribution >= 4 is 27.5 Å². The van der Waals surface area contributed by atoms with Crippen LogP contribution in [-0.4, -0.2) is 38.8 Å². The molecule has 0 saturated carbocycles. The molecule has 1 heterocycles. The molecule has 3 rings (SSSR count). The number of para-hydroxylation sites is 1. The van der Waals surface area contributed by atoms with Crippen LogP contribution in [0, 0.1) is 0 Å². The Kier molecular flexibility index (Phi) is 7.39. The molecule has 30 heavy (non-hydrogen) atoms. The van der Waals surface area contributed by atoms with Crippen molar-refractivity contribution in [2.24, 2.45) is 0 Å². The molecule has 1 aliphatic heterocycles. The Labute approximate surface area is 183 Å². The van der Waals surface area contributed by atoms with E-state index >= 15 is 0 Å². The summed E-state index contributed by atoms with van der Waals surface area (Å²) < 4.78 is 33.1. The highest BCUT2D eigenvalue weighted by molar-refractivity contribution is 7.89. The molecule has 1 saturated heterocycles. The van der Waals surface area contributed by atoms with Crippen LogP contribution < -0.4 is 10.1 Å². The number of ether oxygens (including phenoxy) is 1. The minimum Gasteiger partial charge on any atom is -0.496 e. The number of methoxy groups -OCH3 is 1. The summed E-state index contributed by atoms with van der Waals surface area (Å²) in [6, 6.07) is 11.5. The van der Waals surface area contributed by atoms with Crippen molar-refractivity contribution < 1.29 is 17.9 Å². The Bertz CT molecular complexity index is 1000. The van der Waals surface area contributed by atoms with Crippen LogP contribution in [0.15, 0.2) is 47.4 Å². The first-order chi connectivity index (χ1) is 14.3. The van der Waals surface area contributed by atoms with Crippen LogP contribution in [0.5, 0.6) is 5.75 Å². The SMILES string of the molecule is COc1ccccc1C(C)NC(=O)c1ccc(Cl)c(S(=O)(=O)N2CCCCCC2)c1. The van der Waals surface area contributed by atoms with Crippen LogP contribution in [0.2, 0.25) is 5.02 Å². The topological polar surface area (TPSA) is 75.7 Å². The fourth-order valence-electron chi connectivity index (χ4n) is 3.65. The van der Waals surface area contributed by atoms with E-state index in [4.69, 9.17) is 16.3 Å². The van der Waals surface area contributed by atoms with Gasteiger partial charge in [-0.05, 0) is 44.0 Å². The second-order valence-corrected chi connectivity index (χ2v) is 9.71. The number of carbonyl (C=O) groups excluding carboxylic acids is 1. The van der Waals surface area contributed by atoms with Gasteiger partial charge in [0.15, 0.2) is 0 Å². The van der Waals surface area contributed by atoms with Crippen molar-refractivity contribution in [2.75, 3.05) is 20.2 Å². The molecule has 8 heteroatoms. The van der Waals surface area contributed by atoms with E-state index < -0.39 is 10.0 Å². The molecule has 0 aromatic heterocycles. The van der Waals surface area contributed by atoms with E-state index in [0.717, 1.165) is 31.2 Å². The number of rotatable bonds is 6. The summed E-state index contributed by atoms with van der Waals surface area (Å²) in [7, 11) is -2.19. The molecule has 1 aliphatic rings. The van der Waals surface area contributed by atoms with Crippen LogP contribution >= 0.6 is 11.6 Å². The van der Waals surface area contributed by atoms with Crippen molar-refractivity contribution in [3.05, 3.63) is 58.6 Å². The van der Waals surface area contributed by atoms with E-state index in [9.17, 15) is 13.2 Å². The van der Waals surface area contributed by atoms with Gasteiger partial charge in [-0.15, -0.1) is 0 Å². The van der Waals surface area contributed by atoms with Gasteiger partial charge in [0.25, 0.3) is 5.91 Å². The summed E-state index contributed by atoms with van der Waals surface area (Å²) >= 11 is 6.23. The first-order valence-corrected chi connectivity index (χ1v) is 11.9. The Morgan fingerprint density at radius 2 is 1.77 bits per heavy atom. The monoisotopic (exact) mass is 450 g/mol. The first kappa shape index (κ1) is 22.6. The third kappa shape index (κ3) is 4.96. The van der Waals surface area contributed by atoms with Crippen molar-refractivity contribution in [3.8, 4) is 5.75 Å². The molecule has 0 spiro atoms. The predicted octanol–water partition coefficient (Wildman–Crippen LogP) is 4.40. The van der Waals surface area contributed by atoms with E-state index in [0.29, 0.717) is 18.8 Å². The zero-order valence-electron chi connectivity index (χ0n) is 17.2. The highest BCUT2D eigenvalue weighted by Crippen LogP contribution is 2.29. The molecule has 162 valence electrons. The molecule has 2 aromatic rings. The summed E-state index contributed by atoms with van der Waals surface area (Å²) in [6.45, 7) is 2.79. The van der Waals surface area contributed by atoms with E-state index in [1.807, 2.05) is 31.2 Å². The lowest BCUT2D eigenvalue weighted by atomic mass is 10.1. The van der Waals surface area contributed by atoms with E-state index in [2.05, 4.69) is 5.32 Å². The van der Waals surface area contributed by atoms with Gasteiger partial charge < -0.3 is 10.1 Å². The average molecular weight is 451 g/mol. The highest BCUT2D eigenvalue weighted by Gasteiger charge is 2.28.